The van der Waals surface area contributed by atoms with Gasteiger partial charge in [-0.25, -0.2) is 4.79 Å². The number of fused-ring (bicyclic) bond motifs is 1. The molecule has 0 aromatic heterocycles. The quantitative estimate of drug-likeness (QED) is 0.443. The summed E-state index contributed by atoms with van der Waals surface area (Å²) in [5.74, 6) is -3.81. The Kier molecular flexibility index (Phi) is 6.55. The molecule has 2 atom stereocenters. The topological polar surface area (TPSA) is 105 Å². The minimum absolute atomic E-state index is 0.0280. The van der Waals surface area contributed by atoms with Crippen LogP contribution in [0.3, 0.4) is 0 Å². The number of carbonyl (C=O) groups excluding carboxylic acids is 4. The van der Waals surface area contributed by atoms with Gasteiger partial charge >= 0.3 is 11.9 Å². The zero-order valence-corrected chi connectivity index (χ0v) is 19.3. The first kappa shape index (κ1) is 23.9. The van der Waals surface area contributed by atoms with Crippen LogP contribution >= 0.6 is 0 Å². The molecule has 2 aliphatic rings. The van der Waals surface area contributed by atoms with Gasteiger partial charge in [0, 0.05) is 17.7 Å². The van der Waals surface area contributed by atoms with Crippen molar-refractivity contribution >= 4 is 29.3 Å². The maximum Gasteiger partial charge on any atom is 0.353 e. The molecule has 0 saturated heterocycles. The highest BCUT2D eigenvalue weighted by Crippen LogP contribution is 2.54. The van der Waals surface area contributed by atoms with Gasteiger partial charge in [-0.2, -0.15) is 0 Å². The van der Waals surface area contributed by atoms with Crippen LogP contribution in [0.15, 0.2) is 78.6 Å². The molecule has 8 nitrogen and oxygen atoms in total. The number of ketones is 2. The van der Waals surface area contributed by atoms with Crippen LogP contribution in [0, 0.1) is 5.41 Å². The molecule has 0 N–H and O–H groups in total. The van der Waals surface area contributed by atoms with E-state index in [1.165, 1.54) is 7.11 Å². The number of esters is 2. The van der Waals surface area contributed by atoms with E-state index in [1.807, 2.05) is 6.07 Å². The van der Waals surface area contributed by atoms with E-state index in [1.54, 1.807) is 61.5 Å². The molecule has 1 heterocycles. The Balaban J connectivity index is 1.90. The van der Waals surface area contributed by atoms with Gasteiger partial charge in [0.25, 0.3) is 0 Å². The van der Waals surface area contributed by atoms with E-state index in [2.05, 4.69) is 0 Å². The lowest BCUT2D eigenvalue weighted by atomic mass is 9.60. The van der Waals surface area contributed by atoms with Crippen molar-refractivity contribution < 1.29 is 38.1 Å². The summed E-state index contributed by atoms with van der Waals surface area (Å²) in [5, 5.41) is 0. The molecular weight excluding hydrogens is 452 g/mol. The molecule has 180 valence electrons. The summed E-state index contributed by atoms with van der Waals surface area (Å²) in [6, 6.07) is 17.4. The second kappa shape index (κ2) is 9.58. The number of carbonyl (C=O) groups is 4. The van der Waals surface area contributed by atoms with E-state index in [0.29, 0.717) is 11.1 Å². The molecule has 0 amide bonds. The Bertz CT molecular complexity index is 1210. The Labute approximate surface area is 202 Å². The average Bonchev–Trinajstić information content (AvgIpc) is 2.87. The predicted molar refractivity (Wildman–Crippen MR) is 123 cm³/mol. The number of allylic oxidation sites excluding steroid dienone is 2. The summed E-state index contributed by atoms with van der Waals surface area (Å²) < 4.78 is 22.3. The van der Waals surface area contributed by atoms with Crippen LogP contribution in [0.5, 0.6) is 0 Å². The monoisotopic (exact) mass is 476 g/mol. The summed E-state index contributed by atoms with van der Waals surface area (Å²) in [7, 11) is 1.20. The van der Waals surface area contributed by atoms with Crippen LogP contribution in [0.2, 0.25) is 0 Å². The zero-order chi connectivity index (χ0) is 25.1. The number of rotatable bonds is 7. The molecule has 1 aliphatic heterocycles. The second-order valence-corrected chi connectivity index (χ2v) is 8.06. The van der Waals surface area contributed by atoms with Gasteiger partial charge in [-0.1, -0.05) is 60.7 Å². The van der Waals surface area contributed by atoms with Gasteiger partial charge in [-0.05, 0) is 12.5 Å². The molecule has 2 aromatic carbocycles. The Morgan fingerprint density at radius 1 is 0.914 bits per heavy atom. The molecule has 4 rings (SSSR count). The molecule has 0 saturated carbocycles. The lowest BCUT2D eigenvalue weighted by Gasteiger charge is -2.48. The first-order valence-corrected chi connectivity index (χ1v) is 11.1. The molecule has 0 radical (unpaired) electrons. The van der Waals surface area contributed by atoms with Gasteiger partial charge in [-0.3, -0.25) is 14.4 Å². The fraction of sp³-hybridized carbons (Fsp3) is 0.259. The van der Waals surface area contributed by atoms with Crippen molar-refractivity contribution in [1.82, 2.24) is 0 Å². The Hall–Kier alpha value is -4.20. The summed E-state index contributed by atoms with van der Waals surface area (Å²) in [4.78, 5) is 53.9. The number of ether oxygens (including phenoxy) is 4. The first-order valence-electron chi connectivity index (χ1n) is 11.1. The molecule has 0 fully saturated rings. The van der Waals surface area contributed by atoms with Gasteiger partial charge in [-0.15, -0.1) is 0 Å². The molecule has 8 heteroatoms. The third kappa shape index (κ3) is 3.90. The molecule has 35 heavy (non-hydrogen) atoms. The van der Waals surface area contributed by atoms with Crippen LogP contribution in [-0.4, -0.2) is 42.8 Å². The summed E-state index contributed by atoms with van der Waals surface area (Å²) in [6.07, 6.45) is 1.54. The van der Waals surface area contributed by atoms with Crippen LogP contribution in [-0.2, 0) is 44.7 Å². The molecule has 2 aromatic rings. The van der Waals surface area contributed by atoms with Gasteiger partial charge in [0.2, 0.25) is 11.0 Å². The highest BCUT2D eigenvalue weighted by atomic mass is 16.6. The van der Waals surface area contributed by atoms with Crippen molar-refractivity contribution in [2.75, 3.05) is 13.7 Å². The molecule has 1 aliphatic carbocycles. The summed E-state index contributed by atoms with van der Waals surface area (Å²) in [6.45, 7) is 1.33. The van der Waals surface area contributed by atoms with E-state index in [9.17, 15) is 19.2 Å². The van der Waals surface area contributed by atoms with E-state index in [-0.39, 0.29) is 24.7 Å². The van der Waals surface area contributed by atoms with Crippen LogP contribution in [0.25, 0.3) is 5.76 Å². The van der Waals surface area contributed by atoms with Crippen molar-refractivity contribution in [1.29, 1.82) is 0 Å². The van der Waals surface area contributed by atoms with Gasteiger partial charge in [0.15, 0.2) is 11.6 Å². The SMILES string of the molecule is CCOC(=O)[C@]12CC(=O)C=C(OC)[C@@]1(C(=O)OCc1ccccc1)C(=O)C=C(c1ccccc1)O2. The second-order valence-electron chi connectivity index (χ2n) is 8.06. The first-order chi connectivity index (χ1) is 16.9. The lowest BCUT2D eigenvalue weighted by molar-refractivity contribution is -0.200. The summed E-state index contributed by atoms with van der Waals surface area (Å²) in [5.41, 5.74) is -3.62. The highest BCUT2D eigenvalue weighted by Gasteiger charge is 2.75. The molecule has 0 bridgehead atoms. The third-order valence-electron chi connectivity index (χ3n) is 6.01. The Morgan fingerprint density at radius 3 is 2.20 bits per heavy atom. The minimum atomic E-state index is -2.41. The van der Waals surface area contributed by atoms with Crippen LogP contribution < -0.4 is 0 Å². The fourth-order valence-electron chi connectivity index (χ4n) is 4.43. The minimum Gasteiger partial charge on any atom is -0.499 e. The van der Waals surface area contributed by atoms with Gasteiger partial charge in [0.1, 0.15) is 18.1 Å². The maximum atomic E-state index is 13.9. The summed E-state index contributed by atoms with van der Waals surface area (Å²) >= 11 is 0. The smallest absolute Gasteiger partial charge is 0.353 e. The third-order valence-corrected chi connectivity index (χ3v) is 6.01. The maximum absolute atomic E-state index is 13.9. The van der Waals surface area contributed by atoms with Crippen molar-refractivity contribution in [3.05, 3.63) is 89.7 Å². The largest absolute Gasteiger partial charge is 0.499 e. The lowest BCUT2D eigenvalue weighted by Crippen LogP contribution is -2.68. The van der Waals surface area contributed by atoms with Crippen LogP contribution in [0.4, 0.5) is 0 Å². The van der Waals surface area contributed by atoms with Crippen molar-refractivity contribution in [3.63, 3.8) is 0 Å². The number of methoxy groups -OCH3 is 1. The van der Waals surface area contributed by atoms with Crippen molar-refractivity contribution in [3.8, 4) is 0 Å². The van der Waals surface area contributed by atoms with E-state index < -0.39 is 40.9 Å². The average molecular weight is 476 g/mol. The number of benzene rings is 2. The Morgan fingerprint density at radius 2 is 1.57 bits per heavy atom. The molecule has 0 unspecified atom stereocenters. The van der Waals surface area contributed by atoms with Gasteiger partial charge < -0.3 is 18.9 Å². The van der Waals surface area contributed by atoms with Crippen molar-refractivity contribution in [2.24, 2.45) is 5.41 Å². The van der Waals surface area contributed by atoms with Crippen LogP contribution in [0.1, 0.15) is 24.5 Å². The highest BCUT2D eigenvalue weighted by molar-refractivity contribution is 6.22. The fourth-order valence-corrected chi connectivity index (χ4v) is 4.43. The van der Waals surface area contributed by atoms with E-state index in [4.69, 9.17) is 18.9 Å². The number of hydrogen-bond acceptors (Lipinski definition) is 8. The molecule has 0 spiro atoms. The van der Waals surface area contributed by atoms with E-state index in [0.717, 1.165) is 12.2 Å². The van der Waals surface area contributed by atoms with Gasteiger partial charge in [0.05, 0.1) is 20.1 Å². The predicted octanol–water partition coefficient (Wildman–Crippen LogP) is 3.16. The number of hydrogen-bond donors (Lipinski definition) is 0. The normalized spacial score (nSPS) is 23.3. The standard InChI is InChI=1S/C27H24O8/c1-3-33-24(30)26-16-20(28)14-23(32-2)27(26,25(31)34-17-18-10-6-4-7-11-18)22(29)15-21(35-26)19-12-8-5-9-13-19/h4-15H,3,16-17H2,1-2H3/t26-,27-/m1/s1. The zero-order valence-electron chi connectivity index (χ0n) is 19.3. The molecular formula is C27H24O8. The van der Waals surface area contributed by atoms with Crippen molar-refractivity contribution in [2.45, 2.75) is 25.6 Å². The van der Waals surface area contributed by atoms with E-state index >= 15 is 0 Å².